The van der Waals surface area contributed by atoms with Crippen molar-refractivity contribution in [3.8, 4) is 0 Å². The highest BCUT2D eigenvalue weighted by molar-refractivity contribution is 5.94. The molecule has 2 amide bonds. The summed E-state index contributed by atoms with van der Waals surface area (Å²) in [7, 11) is 0. The molecule has 2 aromatic carbocycles. The van der Waals surface area contributed by atoms with Gasteiger partial charge in [0.05, 0.1) is 0 Å². The van der Waals surface area contributed by atoms with E-state index in [0.717, 1.165) is 42.0 Å². The first-order chi connectivity index (χ1) is 15.5. The molecule has 7 heteroatoms. The van der Waals surface area contributed by atoms with Gasteiger partial charge in [-0.05, 0) is 63.1 Å². The number of unbranched alkanes of at least 4 members (excludes halogenated alkanes) is 2. The number of rotatable bonds is 10. The molecule has 1 aromatic heterocycles. The van der Waals surface area contributed by atoms with Crippen molar-refractivity contribution in [2.24, 2.45) is 0 Å². The van der Waals surface area contributed by atoms with Crippen molar-refractivity contribution in [2.45, 2.75) is 39.5 Å². The molecule has 166 valence electrons. The van der Waals surface area contributed by atoms with Gasteiger partial charge in [-0.15, -0.1) is 0 Å². The molecular weight excluding hydrogens is 402 g/mol. The number of aromatic nitrogens is 2. The Kier molecular flexibility index (Phi) is 8.31. The fourth-order valence-corrected chi connectivity index (χ4v) is 3.29. The molecule has 1 heterocycles. The first kappa shape index (κ1) is 22.9. The van der Waals surface area contributed by atoms with Crippen LogP contribution in [0.1, 0.15) is 47.4 Å². The van der Waals surface area contributed by atoms with Gasteiger partial charge in [0.2, 0.25) is 11.9 Å². The van der Waals surface area contributed by atoms with Crippen molar-refractivity contribution in [1.29, 1.82) is 0 Å². The van der Waals surface area contributed by atoms with Crippen molar-refractivity contribution < 1.29 is 9.59 Å². The van der Waals surface area contributed by atoms with E-state index in [-0.39, 0.29) is 11.8 Å². The van der Waals surface area contributed by atoms with Crippen molar-refractivity contribution in [3.63, 3.8) is 0 Å². The highest BCUT2D eigenvalue weighted by Crippen LogP contribution is 2.19. The van der Waals surface area contributed by atoms with Gasteiger partial charge < -0.3 is 16.0 Å². The minimum atomic E-state index is -0.0666. The average Bonchev–Trinajstić information content (AvgIpc) is 2.76. The second-order valence-electron chi connectivity index (χ2n) is 7.66. The van der Waals surface area contributed by atoms with E-state index in [1.165, 1.54) is 0 Å². The first-order valence-corrected chi connectivity index (χ1v) is 10.8. The molecule has 0 saturated heterocycles. The van der Waals surface area contributed by atoms with Gasteiger partial charge in [0.25, 0.3) is 5.91 Å². The summed E-state index contributed by atoms with van der Waals surface area (Å²) in [4.78, 5) is 33.0. The van der Waals surface area contributed by atoms with Gasteiger partial charge >= 0.3 is 0 Å². The number of benzene rings is 2. The minimum Gasteiger partial charge on any atom is -0.352 e. The van der Waals surface area contributed by atoms with E-state index in [1.807, 2.05) is 62.4 Å². The lowest BCUT2D eigenvalue weighted by Crippen LogP contribution is -2.24. The predicted octanol–water partition coefficient (Wildman–Crippen LogP) is 4.77. The number of hydrogen-bond acceptors (Lipinski definition) is 5. The summed E-state index contributed by atoms with van der Waals surface area (Å²) in [5.41, 5.74) is 3.97. The number of aryl methyl sites for hydroxylation is 2. The summed E-state index contributed by atoms with van der Waals surface area (Å²) in [6, 6.07) is 18.6. The fourth-order valence-electron chi connectivity index (χ4n) is 3.29. The molecule has 3 rings (SSSR count). The van der Waals surface area contributed by atoms with E-state index in [0.29, 0.717) is 24.5 Å². The van der Waals surface area contributed by atoms with Crippen LogP contribution >= 0.6 is 0 Å². The summed E-state index contributed by atoms with van der Waals surface area (Å²) < 4.78 is 0. The minimum absolute atomic E-state index is 0.0295. The number of carbonyl (C=O) groups excluding carboxylic acids is 2. The Morgan fingerprint density at radius 3 is 2.28 bits per heavy atom. The molecule has 3 aromatic rings. The highest BCUT2D eigenvalue weighted by atomic mass is 16.2. The summed E-state index contributed by atoms with van der Waals surface area (Å²) in [5.74, 6) is 0.437. The van der Waals surface area contributed by atoms with Gasteiger partial charge in [-0.3, -0.25) is 9.59 Å². The Bertz CT molecular complexity index is 1030. The van der Waals surface area contributed by atoms with Crippen LogP contribution in [0.15, 0.2) is 60.7 Å². The Morgan fingerprint density at radius 2 is 1.53 bits per heavy atom. The molecule has 0 atom stereocenters. The van der Waals surface area contributed by atoms with Crippen LogP contribution in [-0.2, 0) is 4.79 Å². The third-order valence-corrected chi connectivity index (χ3v) is 4.79. The number of nitrogens with zero attached hydrogens (tertiary/aromatic N) is 2. The first-order valence-electron chi connectivity index (χ1n) is 10.8. The van der Waals surface area contributed by atoms with E-state index >= 15 is 0 Å². The van der Waals surface area contributed by atoms with Gasteiger partial charge in [-0.25, -0.2) is 9.97 Å². The smallest absolute Gasteiger partial charge is 0.251 e. The number of hydrogen-bond donors (Lipinski definition) is 3. The molecule has 0 fully saturated rings. The van der Waals surface area contributed by atoms with Crippen molar-refractivity contribution in [2.75, 3.05) is 17.2 Å². The van der Waals surface area contributed by atoms with Crippen LogP contribution in [0, 0.1) is 13.8 Å². The molecule has 0 bridgehead atoms. The number of carbonyl (C=O) groups is 2. The van der Waals surface area contributed by atoms with E-state index in [4.69, 9.17) is 0 Å². The van der Waals surface area contributed by atoms with Crippen LogP contribution in [0.25, 0.3) is 0 Å². The fraction of sp³-hybridized carbons (Fsp3) is 0.280. The topological polar surface area (TPSA) is 96.0 Å². The van der Waals surface area contributed by atoms with E-state index in [2.05, 4.69) is 25.9 Å². The Hall–Kier alpha value is -3.74. The maximum atomic E-state index is 12.3. The second kappa shape index (κ2) is 11.6. The zero-order chi connectivity index (χ0) is 22.8. The molecule has 3 N–H and O–H groups in total. The standard InChI is InChI=1S/C25H29N5O2/c1-18-16-19(2)28-25(27-18)30-22-13-9-12-21(17-22)29-23(31)14-7-4-8-15-26-24(32)20-10-5-3-6-11-20/h3,5-6,9-13,16-17H,4,7-8,14-15H2,1-2H3,(H,26,32)(H,29,31)(H,27,28,30). The second-order valence-corrected chi connectivity index (χ2v) is 7.66. The maximum absolute atomic E-state index is 12.3. The zero-order valence-electron chi connectivity index (χ0n) is 18.5. The Morgan fingerprint density at radius 1 is 0.812 bits per heavy atom. The molecule has 0 spiro atoms. The molecule has 0 unspecified atom stereocenters. The largest absolute Gasteiger partial charge is 0.352 e. The van der Waals surface area contributed by atoms with Crippen LogP contribution < -0.4 is 16.0 Å². The number of amides is 2. The highest BCUT2D eigenvalue weighted by Gasteiger charge is 2.06. The molecule has 0 aliphatic rings. The summed E-state index contributed by atoms with van der Waals surface area (Å²) in [6.07, 6.45) is 2.90. The van der Waals surface area contributed by atoms with Crippen molar-refractivity contribution in [3.05, 3.63) is 77.6 Å². The lowest BCUT2D eigenvalue weighted by atomic mass is 10.1. The molecule has 0 aliphatic heterocycles. The molecule has 0 saturated carbocycles. The third-order valence-electron chi connectivity index (χ3n) is 4.79. The van der Waals surface area contributed by atoms with Crippen LogP contribution in [0.2, 0.25) is 0 Å². The lowest BCUT2D eigenvalue weighted by molar-refractivity contribution is -0.116. The number of anilines is 3. The lowest BCUT2D eigenvalue weighted by Gasteiger charge is -2.10. The van der Waals surface area contributed by atoms with Crippen LogP contribution in [0.4, 0.5) is 17.3 Å². The average molecular weight is 432 g/mol. The zero-order valence-corrected chi connectivity index (χ0v) is 18.5. The Balaban J connectivity index is 1.37. The summed E-state index contributed by atoms with van der Waals surface area (Å²) in [5, 5.41) is 9.01. The van der Waals surface area contributed by atoms with Gasteiger partial charge in [0, 0.05) is 41.3 Å². The van der Waals surface area contributed by atoms with Gasteiger partial charge in [-0.1, -0.05) is 30.7 Å². The van der Waals surface area contributed by atoms with Gasteiger partial charge in [-0.2, -0.15) is 0 Å². The van der Waals surface area contributed by atoms with E-state index in [1.54, 1.807) is 12.1 Å². The van der Waals surface area contributed by atoms with Crippen LogP contribution in [0.3, 0.4) is 0 Å². The predicted molar refractivity (Wildman–Crippen MR) is 127 cm³/mol. The molecule has 0 aliphatic carbocycles. The van der Waals surface area contributed by atoms with E-state index < -0.39 is 0 Å². The quantitative estimate of drug-likeness (QED) is 0.402. The van der Waals surface area contributed by atoms with Crippen LogP contribution in [0.5, 0.6) is 0 Å². The number of nitrogens with one attached hydrogen (secondary N) is 3. The van der Waals surface area contributed by atoms with Crippen LogP contribution in [-0.4, -0.2) is 28.3 Å². The summed E-state index contributed by atoms with van der Waals surface area (Å²) >= 11 is 0. The van der Waals surface area contributed by atoms with Gasteiger partial charge in [0.15, 0.2) is 0 Å². The third kappa shape index (κ3) is 7.50. The van der Waals surface area contributed by atoms with Crippen molar-refractivity contribution in [1.82, 2.24) is 15.3 Å². The molecular formula is C25H29N5O2. The van der Waals surface area contributed by atoms with Crippen molar-refractivity contribution >= 4 is 29.1 Å². The SMILES string of the molecule is Cc1cc(C)nc(Nc2cccc(NC(=O)CCCCCNC(=O)c3ccccc3)c2)n1. The Labute approximate surface area is 188 Å². The molecule has 32 heavy (non-hydrogen) atoms. The normalized spacial score (nSPS) is 10.4. The monoisotopic (exact) mass is 431 g/mol. The summed E-state index contributed by atoms with van der Waals surface area (Å²) in [6.45, 7) is 4.45. The molecule has 7 nitrogen and oxygen atoms in total. The molecule has 0 radical (unpaired) electrons. The van der Waals surface area contributed by atoms with E-state index in [9.17, 15) is 9.59 Å². The maximum Gasteiger partial charge on any atom is 0.251 e. The van der Waals surface area contributed by atoms with Gasteiger partial charge in [0.1, 0.15) is 0 Å².